The first-order valence-electron chi connectivity index (χ1n) is 8.32. The molecule has 140 valence electrons. The van der Waals surface area contributed by atoms with Gasteiger partial charge in [0.05, 0.1) is 31.6 Å². The molecular formula is C20H21N3O4. The molecule has 0 spiro atoms. The molecule has 0 unspecified atom stereocenters. The fourth-order valence-electron chi connectivity index (χ4n) is 2.30. The summed E-state index contributed by atoms with van der Waals surface area (Å²) in [6, 6.07) is 14.0. The summed E-state index contributed by atoms with van der Waals surface area (Å²) in [5, 5.41) is 12.9. The van der Waals surface area contributed by atoms with Crippen molar-refractivity contribution in [2.75, 3.05) is 20.8 Å². The third-order valence-corrected chi connectivity index (χ3v) is 3.72. The van der Waals surface area contributed by atoms with E-state index >= 15 is 0 Å². The van der Waals surface area contributed by atoms with E-state index in [-0.39, 0.29) is 12.5 Å². The fraction of sp³-hybridized carbons (Fsp3) is 0.250. The Balaban J connectivity index is 1.99. The number of hydrogen-bond donors (Lipinski definition) is 1. The smallest absolute Gasteiger partial charge is 0.277 e. The summed E-state index contributed by atoms with van der Waals surface area (Å²) in [4.78, 5) is 12.0. The molecule has 0 heterocycles. The number of nitrogens with one attached hydrogen (secondary N) is 1. The van der Waals surface area contributed by atoms with Gasteiger partial charge in [-0.05, 0) is 48.9 Å². The highest BCUT2D eigenvalue weighted by molar-refractivity contribution is 6.01. The molecule has 0 aliphatic carbocycles. The van der Waals surface area contributed by atoms with Crippen molar-refractivity contribution >= 4 is 11.6 Å². The Kier molecular flexibility index (Phi) is 7.20. The van der Waals surface area contributed by atoms with Gasteiger partial charge in [-0.15, -0.1) is 0 Å². The highest BCUT2D eigenvalue weighted by atomic mass is 16.5. The summed E-state index contributed by atoms with van der Waals surface area (Å²) in [5.74, 6) is 1.33. The lowest BCUT2D eigenvalue weighted by atomic mass is 10.1. The van der Waals surface area contributed by atoms with Gasteiger partial charge in [-0.2, -0.15) is 10.4 Å². The Hall–Kier alpha value is -3.53. The number of carbonyl (C=O) groups excluding carboxylic acids is 1. The number of ether oxygens (including phenoxy) is 3. The van der Waals surface area contributed by atoms with Crippen LogP contribution in [0.15, 0.2) is 47.6 Å². The van der Waals surface area contributed by atoms with E-state index in [1.165, 1.54) is 0 Å². The van der Waals surface area contributed by atoms with Crippen molar-refractivity contribution in [1.82, 2.24) is 5.43 Å². The topological polar surface area (TPSA) is 92.9 Å². The van der Waals surface area contributed by atoms with Crippen molar-refractivity contribution in [2.45, 2.75) is 13.3 Å². The number of amides is 1. The van der Waals surface area contributed by atoms with Gasteiger partial charge in [0.2, 0.25) is 0 Å². The molecule has 0 fully saturated rings. The Morgan fingerprint density at radius 2 is 1.81 bits per heavy atom. The highest BCUT2D eigenvalue weighted by Gasteiger charge is 2.09. The minimum Gasteiger partial charge on any atom is -0.493 e. The van der Waals surface area contributed by atoms with Crippen LogP contribution in [0.4, 0.5) is 0 Å². The minimum atomic E-state index is -0.384. The monoisotopic (exact) mass is 367 g/mol. The maximum Gasteiger partial charge on any atom is 0.277 e. The van der Waals surface area contributed by atoms with Crippen molar-refractivity contribution < 1.29 is 19.0 Å². The molecule has 0 saturated heterocycles. The van der Waals surface area contributed by atoms with Crippen molar-refractivity contribution in [1.29, 1.82) is 5.26 Å². The van der Waals surface area contributed by atoms with Gasteiger partial charge in [0.1, 0.15) is 5.75 Å². The minimum absolute atomic E-state index is 0.182. The summed E-state index contributed by atoms with van der Waals surface area (Å²) in [5.41, 5.74) is 4.54. The van der Waals surface area contributed by atoms with Crippen LogP contribution in [-0.4, -0.2) is 32.4 Å². The lowest BCUT2D eigenvalue weighted by Gasteiger charge is -2.11. The largest absolute Gasteiger partial charge is 0.493 e. The second kappa shape index (κ2) is 9.82. The average molecular weight is 367 g/mol. The van der Waals surface area contributed by atoms with Crippen LogP contribution in [0.5, 0.6) is 17.2 Å². The van der Waals surface area contributed by atoms with E-state index in [0.717, 1.165) is 5.56 Å². The number of rotatable bonds is 8. The van der Waals surface area contributed by atoms with Crippen molar-refractivity contribution in [3.05, 3.63) is 53.6 Å². The Morgan fingerprint density at radius 3 is 2.41 bits per heavy atom. The van der Waals surface area contributed by atoms with E-state index in [1.807, 2.05) is 19.1 Å². The van der Waals surface area contributed by atoms with Crippen LogP contribution in [0.3, 0.4) is 0 Å². The van der Waals surface area contributed by atoms with Crippen LogP contribution in [0.1, 0.15) is 24.5 Å². The molecule has 27 heavy (non-hydrogen) atoms. The van der Waals surface area contributed by atoms with Crippen molar-refractivity contribution in [2.24, 2.45) is 5.10 Å². The van der Waals surface area contributed by atoms with Crippen molar-refractivity contribution in [3.63, 3.8) is 0 Å². The van der Waals surface area contributed by atoms with Gasteiger partial charge in [-0.25, -0.2) is 5.43 Å². The van der Waals surface area contributed by atoms with E-state index in [1.54, 1.807) is 50.6 Å². The Labute approximate surface area is 158 Å². The Morgan fingerprint density at radius 1 is 1.11 bits per heavy atom. The van der Waals surface area contributed by atoms with E-state index in [2.05, 4.69) is 10.5 Å². The zero-order valence-electron chi connectivity index (χ0n) is 15.5. The molecule has 0 aromatic heterocycles. The molecule has 1 N–H and O–H groups in total. The molecule has 7 nitrogen and oxygen atoms in total. The zero-order valence-corrected chi connectivity index (χ0v) is 15.5. The van der Waals surface area contributed by atoms with Crippen molar-refractivity contribution in [3.8, 4) is 23.3 Å². The summed E-state index contributed by atoms with van der Waals surface area (Å²) in [6.07, 6.45) is 0.617. The first kappa shape index (κ1) is 19.8. The lowest BCUT2D eigenvalue weighted by molar-refractivity contribution is -0.123. The van der Waals surface area contributed by atoms with E-state index in [0.29, 0.717) is 34.9 Å². The van der Waals surface area contributed by atoms with E-state index in [4.69, 9.17) is 19.5 Å². The molecule has 0 aliphatic heterocycles. The summed E-state index contributed by atoms with van der Waals surface area (Å²) < 4.78 is 15.9. The second-order valence-corrected chi connectivity index (χ2v) is 5.44. The molecule has 0 atom stereocenters. The SMILES string of the molecule is CC/C(=N\NC(=O)COc1ccc(C#N)cc1)c1ccc(OC)c(OC)c1. The lowest BCUT2D eigenvalue weighted by Crippen LogP contribution is -2.26. The molecule has 0 aliphatic rings. The summed E-state index contributed by atoms with van der Waals surface area (Å²) >= 11 is 0. The first-order chi connectivity index (χ1) is 13.1. The van der Waals surface area contributed by atoms with Gasteiger partial charge < -0.3 is 14.2 Å². The number of benzene rings is 2. The van der Waals surface area contributed by atoms with Crippen LogP contribution in [0.25, 0.3) is 0 Å². The zero-order chi connectivity index (χ0) is 19.6. The van der Waals surface area contributed by atoms with Crippen LogP contribution in [0.2, 0.25) is 0 Å². The van der Waals surface area contributed by atoms with Gasteiger partial charge in [0, 0.05) is 5.56 Å². The summed E-state index contributed by atoms with van der Waals surface area (Å²) in [7, 11) is 3.13. The fourth-order valence-corrected chi connectivity index (χ4v) is 2.30. The second-order valence-electron chi connectivity index (χ2n) is 5.44. The number of nitriles is 1. The number of carbonyl (C=O) groups is 1. The number of nitrogens with zero attached hydrogens (tertiary/aromatic N) is 2. The standard InChI is InChI=1S/C20H21N3O4/c1-4-17(15-7-10-18(25-2)19(11-15)26-3)22-23-20(24)13-27-16-8-5-14(12-21)6-9-16/h5-11H,4,13H2,1-3H3,(H,23,24)/b22-17+. The third kappa shape index (κ3) is 5.47. The maximum atomic E-state index is 12.0. The predicted octanol–water partition coefficient (Wildman–Crippen LogP) is 2.88. The molecule has 2 aromatic carbocycles. The molecular weight excluding hydrogens is 346 g/mol. The van der Waals surface area contributed by atoms with Gasteiger partial charge in [0.25, 0.3) is 5.91 Å². The third-order valence-electron chi connectivity index (χ3n) is 3.72. The number of hydrazone groups is 1. The highest BCUT2D eigenvalue weighted by Crippen LogP contribution is 2.28. The van der Waals surface area contributed by atoms with Gasteiger partial charge in [0.15, 0.2) is 18.1 Å². The molecule has 0 saturated carbocycles. The van der Waals surface area contributed by atoms with E-state index in [9.17, 15) is 4.79 Å². The normalized spacial score (nSPS) is 10.7. The number of hydrogen-bond acceptors (Lipinski definition) is 6. The quantitative estimate of drug-likeness (QED) is 0.572. The van der Waals surface area contributed by atoms with Gasteiger partial charge >= 0.3 is 0 Å². The van der Waals surface area contributed by atoms with Crippen LogP contribution in [-0.2, 0) is 4.79 Å². The summed E-state index contributed by atoms with van der Waals surface area (Å²) in [6.45, 7) is 1.76. The first-order valence-corrected chi connectivity index (χ1v) is 8.32. The maximum absolute atomic E-state index is 12.0. The molecule has 2 rings (SSSR count). The van der Waals surface area contributed by atoms with Crippen LogP contribution in [0, 0.1) is 11.3 Å². The van der Waals surface area contributed by atoms with Crippen LogP contribution < -0.4 is 19.6 Å². The molecule has 0 bridgehead atoms. The van der Waals surface area contributed by atoms with Gasteiger partial charge in [-0.1, -0.05) is 6.92 Å². The molecule has 1 amide bonds. The van der Waals surface area contributed by atoms with Crippen LogP contribution >= 0.6 is 0 Å². The molecule has 7 heteroatoms. The molecule has 0 radical (unpaired) electrons. The Bertz CT molecular complexity index is 855. The van der Waals surface area contributed by atoms with E-state index < -0.39 is 0 Å². The average Bonchev–Trinajstić information content (AvgIpc) is 2.72. The predicted molar refractivity (Wildman–Crippen MR) is 101 cm³/mol. The van der Waals surface area contributed by atoms with Gasteiger partial charge in [-0.3, -0.25) is 4.79 Å². The molecule has 2 aromatic rings. The number of methoxy groups -OCH3 is 2.